The van der Waals surface area contributed by atoms with Gasteiger partial charge >= 0.3 is 0 Å². The van der Waals surface area contributed by atoms with Gasteiger partial charge in [0.1, 0.15) is 22.9 Å². The quantitative estimate of drug-likeness (QED) is 0.551. The first-order valence-electron chi connectivity index (χ1n) is 8.56. The van der Waals surface area contributed by atoms with Crippen LogP contribution in [0.15, 0.2) is 77.5 Å². The van der Waals surface area contributed by atoms with Crippen LogP contribution in [0.5, 0.6) is 5.75 Å². The molecule has 0 saturated heterocycles. The first-order valence-corrected chi connectivity index (χ1v) is 8.56. The molecule has 0 spiro atoms. The smallest absolute Gasteiger partial charge is 0.138 e. The van der Waals surface area contributed by atoms with Crippen LogP contribution in [0.4, 0.5) is 4.39 Å². The lowest BCUT2D eigenvalue weighted by Gasteiger charge is -2.21. The van der Waals surface area contributed by atoms with Gasteiger partial charge in [0.15, 0.2) is 0 Å². The van der Waals surface area contributed by atoms with Crippen molar-refractivity contribution in [1.82, 2.24) is 4.98 Å². The number of benzene rings is 2. The summed E-state index contributed by atoms with van der Waals surface area (Å²) in [6, 6.07) is 17.1. The van der Waals surface area contributed by atoms with Gasteiger partial charge in [0.2, 0.25) is 0 Å². The number of furan rings is 1. The molecule has 0 aliphatic carbocycles. The lowest BCUT2D eigenvalue weighted by Crippen LogP contribution is -2.12. The van der Waals surface area contributed by atoms with Gasteiger partial charge in [-0.25, -0.2) is 4.39 Å². The molecule has 2 aromatic carbocycles. The van der Waals surface area contributed by atoms with Gasteiger partial charge in [0.25, 0.3) is 0 Å². The Kier molecular flexibility index (Phi) is 4.60. The average molecular weight is 363 g/mol. The number of halogens is 1. The molecular weight excluding hydrogens is 345 g/mol. The van der Waals surface area contributed by atoms with Crippen molar-refractivity contribution in [3.05, 3.63) is 95.8 Å². The van der Waals surface area contributed by atoms with E-state index in [1.165, 1.54) is 12.1 Å². The SMILES string of the molecule is COc1ccc2cc(C(c3ccc(F)cc3)C(O)c3cccnc3)oc2c1. The summed E-state index contributed by atoms with van der Waals surface area (Å²) < 4.78 is 24.7. The highest BCUT2D eigenvalue weighted by Crippen LogP contribution is 2.39. The fourth-order valence-electron chi connectivity index (χ4n) is 3.23. The maximum absolute atomic E-state index is 13.4. The molecule has 2 atom stereocenters. The lowest BCUT2D eigenvalue weighted by molar-refractivity contribution is 0.150. The molecule has 0 aliphatic heterocycles. The molecule has 4 aromatic rings. The molecule has 0 aliphatic rings. The van der Waals surface area contributed by atoms with E-state index in [1.54, 1.807) is 49.8 Å². The van der Waals surface area contributed by atoms with Crippen LogP contribution in [0.2, 0.25) is 0 Å². The Morgan fingerprint density at radius 1 is 1.04 bits per heavy atom. The van der Waals surface area contributed by atoms with Crippen molar-refractivity contribution in [3.63, 3.8) is 0 Å². The van der Waals surface area contributed by atoms with Gasteiger partial charge in [-0.05, 0) is 47.5 Å². The molecular formula is C22H18FNO3. The fourth-order valence-corrected chi connectivity index (χ4v) is 3.23. The summed E-state index contributed by atoms with van der Waals surface area (Å²) in [5, 5.41) is 12.0. The second-order valence-electron chi connectivity index (χ2n) is 6.31. The third-order valence-corrected chi connectivity index (χ3v) is 4.62. The number of methoxy groups -OCH3 is 1. The topological polar surface area (TPSA) is 55.5 Å². The molecule has 2 aromatic heterocycles. The van der Waals surface area contributed by atoms with Crippen molar-refractivity contribution in [2.45, 2.75) is 12.0 Å². The van der Waals surface area contributed by atoms with Crippen LogP contribution in [0.1, 0.15) is 28.9 Å². The number of pyridine rings is 1. The number of ether oxygens (including phenoxy) is 1. The summed E-state index contributed by atoms with van der Waals surface area (Å²) in [7, 11) is 1.60. The zero-order valence-corrected chi connectivity index (χ0v) is 14.7. The van der Waals surface area contributed by atoms with Gasteiger partial charge in [-0.2, -0.15) is 0 Å². The highest BCUT2D eigenvalue weighted by molar-refractivity contribution is 5.79. The third kappa shape index (κ3) is 3.41. The number of hydrogen-bond donors (Lipinski definition) is 1. The maximum atomic E-state index is 13.4. The van der Waals surface area contributed by atoms with Crippen molar-refractivity contribution in [2.75, 3.05) is 7.11 Å². The first kappa shape index (κ1) is 17.2. The van der Waals surface area contributed by atoms with Gasteiger partial charge in [-0.3, -0.25) is 4.98 Å². The van der Waals surface area contributed by atoms with Crippen molar-refractivity contribution in [3.8, 4) is 5.75 Å². The Hall–Kier alpha value is -3.18. The minimum atomic E-state index is -0.897. The Morgan fingerprint density at radius 2 is 1.85 bits per heavy atom. The van der Waals surface area contributed by atoms with Crippen LogP contribution in [0, 0.1) is 5.82 Å². The molecule has 4 rings (SSSR count). The monoisotopic (exact) mass is 363 g/mol. The largest absolute Gasteiger partial charge is 0.497 e. The molecule has 27 heavy (non-hydrogen) atoms. The maximum Gasteiger partial charge on any atom is 0.138 e. The van der Waals surface area contributed by atoms with Crippen LogP contribution >= 0.6 is 0 Å². The van der Waals surface area contributed by atoms with Crippen molar-refractivity contribution in [2.24, 2.45) is 0 Å². The zero-order valence-electron chi connectivity index (χ0n) is 14.7. The lowest BCUT2D eigenvalue weighted by atomic mass is 9.87. The van der Waals surface area contributed by atoms with Crippen LogP contribution < -0.4 is 4.74 Å². The van der Waals surface area contributed by atoms with E-state index in [4.69, 9.17) is 9.15 Å². The van der Waals surface area contributed by atoms with E-state index < -0.39 is 12.0 Å². The van der Waals surface area contributed by atoms with Gasteiger partial charge in [-0.15, -0.1) is 0 Å². The van der Waals surface area contributed by atoms with Crippen LogP contribution in [-0.4, -0.2) is 17.2 Å². The van der Waals surface area contributed by atoms with Crippen molar-refractivity contribution in [1.29, 1.82) is 0 Å². The van der Waals surface area contributed by atoms with Gasteiger partial charge in [0.05, 0.1) is 19.1 Å². The number of hydrogen-bond acceptors (Lipinski definition) is 4. The van der Waals surface area contributed by atoms with E-state index in [0.717, 1.165) is 10.9 Å². The number of rotatable bonds is 5. The van der Waals surface area contributed by atoms with Crippen LogP contribution in [-0.2, 0) is 0 Å². The molecule has 0 bridgehead atoms. The third-order valence-electron chi connectivity index (χ3n) is 4.62. The number of aromatic nitrogens is 1. The Labute approximate surface area is 155 Å². The highest BCUT2D eigenvalue weighted by atomic mass is 19.1. The summed E-state index contributed by atoms with van der Waals surface area (Å²) in [4.78, 5) is 4.09. The zero-order chi connectivity index (χ0) is 18.8. The number of aliphatic hydroxyl groups excluding tert-OH is 1. The normalized spacial score (nSPS) is 13.4. The van der Waals surface area contributed by atoms with Crippen molar-refractivity contribution < 1.29 is 18.7 Å². The van der Waals surface area contributed by atoms with E-state index in [9.17, 15) is 9.50 Å². The van der Waals surface area contributed by atoms with Gasteiger partial charge < -0.3 is 14.3 Å². The standard InChI is InChI=1S/C22H18FNO3/c1-26-18-9-6-15-11-20(27-19(15)12-18)21(14-4-7-17(23)8-5-14)22(25)16-3-2-10-24-13-16/h2-13,21-22,25H,1H3. The molecule has 5 heteroatoms. The van der Waals surface area contributed by atoms with Crippen LogP contribution in [0.3, 0.4) is 0 Å². The summed E-state index contributed by atoms with van der Waals surface area (Å²) in [5.41, 5.74) is 2.07. The number of nitrogens with zero attached hydrogens (tertiary/aromatic N) is 1. The van der Waals surface area contributed by atoms with E-state index in [2.05, 4.69) is 4.98 Å². The molecule has 136 valence electrons. The van der Waals surface area contributed by atoms with Crippen molar-refractivity contribution >= 4 is 11.0 Å². The highest BCUT2D eigenvalue weighted by Gasteiger charge is 2.28. The summed E-state index contributed by atoms with van der Waals surface area (Å²) in [6.45, 7) is 0. The van der Waals surface area contributed by atoms with E-state index >= 15 is 0 Å². The fraction of sp³-hybridized carbons (Fsp3) is 0.136. The Balaban J connectivity index is 1.83. The second kappa shape index (κ2) is 7.21. The number of aliphatic hydroxyl groups is 1. The minimum Gasteiger partial charge on any atom is -0.497 e. The molecule has 2 unspecified atom stereocenters. The van der Waals surface area contributed by atoms with Gasteiger partial charge in [0, 0.05) is 23.8 Å². The molecule has 0 amide bonds. The molecule has 4 nitrogen and oxygen atoms in total. The average Bonchev–Trinajstić information content (AvgIpc) is 3.12. The van der Waals surface area contributed by atoms with E-state index in [0.29, 0.717) is 22.7 Å². The first-order chi connectivity index (χ1) is 13.2. The summed E-state index contributed by atoms with van der Waals surface area (Å²) in [5.74, 6) is 0.437. The molecule has 2 heterocycles. The van der Waals surface area contributed by atoms with Gasteiger partial charge in [-0.1, -0.05) is 18.2 Å². The summed E-state index contributed by atoms with van der Waals surface area (Å²) >= 11 is 0. The Bertz CT molecular complexity index is 1040. The van der Waals surface area contributed by atoms with Crippen LogP contribution in [0.25, 0.3) is 11.0 Å². The van der Waals surface area contributed by atoms with E-state index in [-0.39, 0.29) is 5.82 Å². The molecule has 1 N–H and O–H groups in total. The predicted octanol–water partition coefficient (Wildman–Crippen LogP) is 4.84. The second-order valence-corrected chi connectivity index (χ2v) is 6.31. The molecule has 0 saturated carbocycles. The molecule has 0 radical (unpaired) electrons. The molecule has 0 fully saturated rings. The minimum absolute atomic E-state index is 0.331. The summed E-state index contributed by atoms with van der Waals surface area (Å²) in [6.07, 6.45) is 2.37. The van der Waals surface area contributed by atoms with E-state index in [1.807, 2.05) is 18.2 Å². The number of fused-ring (bicyclic) bond motifs is 1. The Morgan fingerprint density at radius 3 is 2.56 bits per heavy atom. The predicted molar refractivity (Wildman–Crippen MR) is 100 cm³/mol.